The largest absolute Gasteiger partial charge is 0.476 e. The molecule has 132 valence electrons. The average Bonchev–Trinajstić information content (AvgIpc) is 2.66. The van der Waals surface area contributed by atoms with Gasteiger partial charge in [-0.3, -0.25) is 14.1 Å². The first-order valence-corrected chi connectivity index (χ1v) is 9.55. The predicted octanol–water partition coefficient (Wildman–Crippen LogP) is 1.32. The Balaban J connectivity index is 1.78. The molecule has 0 fully saturated rings. The highest BCUT2D eigenvalue weighted by Gasteiger charge is 2.35. The Hall–Kier alpha value is -2.61. The number of fused-ring (bicyclic) bond motifs is 1. The molecule has 3 rings (SSSR count). The lowest BCUT2D eigenvalue weighted by Crippen LogP contribution is -2.50. The number of anilines is 1. The van der Waals surface area contributed by atoms with Crippen molar-refractivity contribution in [2.24, 2.45) is 0 Å². The smallest absolute Gasteiger partial charge is 0.263 e. The van der Waals surface area contributed by atoms with E-state index in [1.807, 2.05) is 0 Å². The topological polar surface area (TPSA) is 88.6 Å². The molecule has 2 aromatic rings. The SMILES string of the molecule is CCS(=O)(=O)N1C[C@@H](C(=O)NCc2ccncc2)Oc2ccccc21. The molecule has 0 spiro atoms. The van der Waals surface area contributed by atoms with Crippen LogP contribution in [0.5, 0.6) is 5.75 Å². The standard InChI is InChI=1S/C17H19N3O4S/c1-2-25(22,23)20-12-16(24-15-6-4-3-5-14(15)20)17(21)19-11-13-7-9-18-10-8-13/h3-10,16H,2,11-12H2,1H3,(H,19,21)/t16-/m0/s1. The fourth-order valence-electron chi connectivity index (χ4n) is 2.56. The molecular formula is C17H19N3O4S. The number of benzene rings is 1. The Kier molecular flexibility index (Phi) is 4.89. The van der Waals surface area contributed by atoms with E-state index in [1.54, 1.807) is 55.7 Å². The lowest BCUT2D eigenvalue weighted by Gasteiger charge is -2.34. The first-order chi connectivity index (χ1) is 12.0. The van der Waals surface area contributed by atoms with Crippen LogP contribution in [0.4, 0.5) is 5.69 Å². The number of nitrogens with one attached hydrogen (secondary N) is 1. The van der Waals surface area contributed by atoms with E-state index in [0.717, 1.165) is 5.56 Å². The van der Waals surface area contributed by atoms with Gasteiger partial charge in [0.25, 0.3) is 5.91 Å². The predicted molar refractivity (Wildman–Crippen MR) is 93.7 cm³/mol. The van der Waals surface area contributed by atoms with E-state index in [-0.39, 0.29) is 18.2 Å². The minimum Gasteiger partial charge on any atom is -0.476 e. The van der Waals surface area contributed by atoms with Gasteiger partial charge in [-0.15, -0.1) is 0 Å². The second kappa shape index (κ2) is 7.10. The lowest BCUT2D eigenvalue weighted by atomic mass is 10.2. The third-order valence-corrected chi connectivity index (χ3v) is 5.69. The van der Waals surface area contributed by atoms with Crippen LogP contribution in [-0.4, -0.2) is 37.7 Å². The minimum atomic E-state index is -3.50. The first-order valence-electron chi connectivity index (χ1n) is 7.94. The number of nitrogens with zero attached hydrogens (tertiary/aromatic N) is 2. The van der Waals surface area contributed by atoms with Crippen LogP contribution in [0.1, 0.15) is 12.5 Å². The molecule has 0 saturated heterocycles. The Morgan fingerprint density at radius 2 is 2.00 bits per heavy atom. The maximum atomic E-state index is 12.5. The summed E-state index contributed by atoms with van der Waals surface area (Å²) in [5.41, 5.74) is 1.36. The van der Waals surface area contributed by atoms with Gasteiger partial charge < -0.3 is 10.1 Å². The van der Waals surface area contributed by atoms with Crippen molar-refractivity contribution in [1.29, 1.82) is 0 Å². The summed E-state index contributed by atoms with van der Waals surface area (Å²) < 4.78 is 31.8. The van der Waals surface area contributed by atoms with E-state index in [1.165, 1.54) is 4.31 Å². The molecule has 0 unspecified atom stereocenters. The van der Waals surface area contributed by atoms with Crippen LogP contribution in [0, 0.1) is 0 Å². The molecule has 1 aliphatic heterocycles. The van der Waals surface area contributed by atoms with Crippen molar-refractivity contribution >= 4 is 21.6 Å². The normalized spacial score (nSPS) is 16.7. The molecule has 1 amide bonds. The molecule has 1 atom stereocenters. The number of hydrogen-bond acceptors (Lipinski definition) is 5. The summed E-state index contributed by atoms with van der Waals surface area (Å²) in [7, 11) is -3.50. The highest BCUT2D eigenvalue weighted by Crippen LogP contribution is 2.35. The van der Waals surface area contributed by atoms with Gasteiger partial charge in [-0.2, -0.15) is 0 Å². The maximum Gasteiger partial charge on any atom is 0.263 e. The van der Waals surface area contributed by atoms with Crippen LogP contribution < -0.4 is 14.4 Å². The summed E-state index contributed by atoms with van der Waals surface area (Å²) in [6.45, 7) is 1.85. The third kappa shape index (κ3) is 3.74. The van der Waals surface area contributed by atoms with Gasteiger partial charge in [0.1, 0.15) is 5.75 Å². The van der Waals surface area contributed by atoms with Gasteiger partial charge in [0.05, 0.1) is 18.0 Å². The monoisotopic (exact) mass is 361 g/mol. The van der Waals surface area contributed by atoms with Crippen molar-refractivity contribution in [3.05, 3.63) is 54.4 Å². The van der Waals surface area contributed by atoms with Gasteiger partial charge in [0, 0.05) is 18.9 Å². The van der Waals surface area contributed by atoms with Crippen LogP contribution in [-0.2, 0) is 21.4 Å². The quantitative estimate of drug-likeness (QED) is 0.868. The Bertz CT molecular complexity index is 855. The summed E-state index contributed by atoms with van der Waals surface area (Å²) in [5.74, 6) is -0.0235. The fourth-order valence-corrected chi connectivity index (χ4v) is 3.69. The zero-order chi connectivity index (χ0) is 17.9. The number of amides is 1. The van der Waals surface area contributed by atoms with Crippen LogP contribution in [0.25, 0.3) is 0 Å². The van der Waals surface area contributed by atoms with E-state index in [9.17, 15) is 13.2 Å². The second-order valence-electron chi connectivity index (χ2n) is 5.58. The Morgan fingerprint density at radius 3 is 2.72 bits per heavy atom. The molecule has 0 aliphatic carbocycles. The molecule has 8 heteroatoms. The van der Waals surface area contributed by atoms with Crippen molar-refractivity contribution in [3.63, 3.8) is 0 Å². The average molecular weight is 361 g/mol. The van der Waals surface area contributed by atoms with E-state index in [2.05, 4.69) is 10.3 Å². The van der Waals surface area contributed by atoms with Crippen LogP contribution in [0.15, 0.2) is 48.8 Å². The lowest BCUT2D eigenvalue weighted by molar-refractivity contribution is -0.127. The zero-order valence-electron chi connectivity index (χ0n) is 13.8. The summed E-state index contributed by atoms with van der Waals surface area (Å²) in [6.07, 6.45) is 2.38. The van der Waals surface area contributed by atoms with Crippen LogP contribution >= 0.6 is 0 Å². The summed E-state index contributed by atoms with van der Waals surface area (Å²) in [5, 5.41) is 2.78. The highest BCUT2D eigenvalue weighted by atomic mass is 32.2. The van der Waals surface area contributed by atoms with Crippen molar-refractivity contribution in [1.82, 2.24) is 10.3 Å². The van der Waals surface area contributed by atoms with Gasteiger partial charge >= 0.3 is 0 Å². The molecule has 1 aromatic heterocycles. The van der Waals surface area contributed by atoms with Gasteiger partial charge in [0.15, 0.2) is 6.10 Å². The Labute approximate surface area is 146 Å². The molecule has 7 nitrogen and oxygen atoms in total. The first kappa shape index (κ1) is 17.2. The van der Waals surface area contributed by atoms with Crippen molar-refractivity contribution in [2.45, 2.75) is 19.6 Å². The Morgan fingerprint density at radius 1 is 1.28 bits per heavy atom. The maximum absolute atomic E-state index is 12.5. The van der Waals surface area contributed by atoms with E-state index >= 15 is 0 Å². The van der Waals surface area contributed by atoms with Gasteiger partial charge in [-0.25, -0.2) is 8.42 Å². The minimum absolute atomic E-state index is 0.0463. The summed E-state index contributed by atoms with van der Waals surface area (Å²) in [6, 6.07) is 10.4. The van der Waals surface area contributed by atoms with E-state index in [4.69, 9.17) is 4.74 Å². The number of carbonyl (C=O) groups excluding carboxylic acids is 1. The van der Waals surface area contributed by atoms with Crippen molar-refractivity contribution in [3.8, 4) is 5.75 Å². The molecular weight excluding hydrogens is 342 g/mol. The zero-order valence-corrected chi connectivity index (χ0v) is 14.6. The molecule has 2 heterocycles. The number of ether oxygens (including phenoxy) is 1. The van der Waals surface area contributed by atoms with Gasteiger partial charge in [-0.1, -0.05) is 12.1 Å². The molecule has 1 aliphatic rings. The van der Waals surface area contributed by atoms with Gasteiger partial charge in [-0.05, 0) is 36.8 Å². The number of sulfonamides is 1. The fraction of sp³-hybridized carbons (Fsp3) is 0.294. The summed E-state index contributed by atoms with van der Waals surface area (Å²) in [4.78, 5) is 16.4. The van der Waals surface area contributed by atoms with E-state index in [0.29, 0.717) is 18.0 Å². The van der Waals surface area contributed by atoms with Crippen molar-refractivity contribution in [2.75, 3.05) is 16.6 Å². The van der Waals surface area contributed by atoms with Gasteiger partial charge in [0.2, 0.25) is 10.0 Å². The number of aromatic nitrogens is 1. The molecule has 1 N–H and O–H groups in total. The third-order valence-electron chi connectivity index (χ3n) is 3.94. The van der Waals surface area contributed by atoms with E-state index < -0.39 is 16.1 Å². The molecule has 0 bridgehead atoms. The summed E-state index contributed by atoms with van der Waals surface area (Å²) >= 11 is 0. The van der Waals surface area contributed by atoms with Crippen LogP contribution in [0.2, 0.25) is 0 Å². The second-order valence-corrected chi connectivity index (χ2v) is 7.76. The molecule has 1 aromatic carbocycles. The number of hydrogen-bond donors (Lipinski definition) is 1. The molecule has 0 saturated carbocycles. The number of carbonyl (C=O) groups is 1. The number of pyridine rings is 1. The molecule has 0 radical (unpaired) electrons. The molecule has 25 heavy (non-hydrogen) atoms. The highest BCUT2D eigenvalue weighted by molar-refractivity contribution is 7.92. The van der Waals surface area contributed by atoms with Crippen molar-refractivity contribution < 1.29 is 17.9 Å². The van der Waals surface area contributed by atoms with Crippen LogP contribution in [0.3, 0.4) is 0 Å². The number of rotatable bonds is 5. The number of para-hydroxylation sites is 2.